The van der Waals surface area contributed by atoms with Gasteiger partial charge < -0.3 is 14.6 Å². The molecule has 2 amide bonds. The number of benzene rings is 1. The first kappa shape index (κ1) is 23.0. The van der Waals surface area contributed by atoms with Crippen LogP contribution < -0.4 is 5.32 Å². The molecule has 1 fully saturated rings. The molecule has 3 aromatic rings. The number of carbonyl (C=O) groups is 2. The second-order valence-electron chi connectivity index (χ2n) is 8.57. The molecule has 1 N–H and O–H groups in total. The van der Waals surface area contributed by atoms with Crippen LogP contribution in [0.25, 0.3) is 17.0 Å². The zero-order chi connectivity index (χ0) is 22.2. The summed E-state index contributed by atoms with van der Waals surface area (Å²) in [6.07, 6.45) is 6.92. The first-order chi connectivity index (χ1) is 15.5. The molecule has 2 aromatic heterocycles. The van der Waals surface area contributed by atoms with Crippen LogP contribution in [-0.2, 0) is 22.7 Å². The molecule has 2 aliphatic rings. The Balaban J connectivity index is 0.00000259. The highest BCUT2D eigenvalue weighted by Crippen LogP contribution is 2.28. The molecule has 7 nitrogen and oxygen atoms in total. The molecule has 1 saturated heterocycles. The molecule has 172 valence electrons. The van der Waals surface area contributed by atoms with Crippen molar-refractivity contribution in [2.24, 2.45) is 0 Å². The van der Waals surface area contributed by atoms with E-state index in [1.165, 1.54) is 0 Å². The molecule has 1 aromatic carbocycles. The number of amides is 2. The van der Waals surface area contributed by atoms with Crippen molar-refractivity contribution >= 4 is 47.1 Å². The van der Waals surface area contributed by atoms with Crippen LogP contribution in [0.3, 0.4) is 0 Å². The van der Waals surface area contributed by atoms with Gasteiger partial charge in [0.05, 0.1) is 12.6 Å². The van der Waals surface area contributed by atoms with Crippen LogP contribution in [0.15, 0.2) is 47.0 Å². The Morgan fingerprint density at radius 3 is 3.00 bits per heavy atom. The van der Waals surface area contributed by atoms with E-state index in [4.69, 9.17) is 4.42 Å². The number of hydrogen-bond donors (Lipinski definition) is 1. The van der Waals surface area contributed by atoms with Crippen LogP contribution in [0.2, 0.25) is 0 Å². The molecule has 1 atom stereocenters. The number of halogens is 1. The number of anilines is 1. The van der Waals surface area contributed by atoms with Crippen LogP contribution in [0.4, 0.5) is 5.82 Å². The van der Waals surface area contributed by atoms with E-state index in [1.54, 1.807) is 30.3 Å². The SMILES string of the molecule is Cc1c(CN(C)C(=O)/C=C/c2cnc3c(c2)CN2CCC[C@H]2C(=O)N3)oc2ccccc12.Cl. The number of aryl methyl sites for hydroxylation is 1. The third-order valence-electron chi connectivity index (χ3n) is 6.39. The Labute approximate surface area is 198 Å². The van der Waals surface area contributed by atoms with E-state index in [0.717, 1.165) is 52.8 Å². The first-order valence-electron chi connectivity index (χ1n) is 10.9. The Hall–Kier alpha value is -3.16. The summed E-state index contributed by atoms with van der Waals surface area (Å²) < 4.78 is 5.93. The zero-order valence-corrected chi connectivity index (χ0v) is 19.5. The molecule has 0 radical (unpaired) electrons. The molecule has 2 aliphatic heterocycles. The minimum absolute atomic E-state index is 0. The van der Waals surface area contributed by atoms with Gasteiger partial charge in [-0.2, -0.15) is 0 Å². The Bertz CT molecular complexity index is 1240. The highest BCUT2D eigenvalue weighted by molar-refractivity contribution is 5.96. The maximum Gasteiger partial charge on any atom is 0.246 e. The van der Waals surface area contributed by atoms with Gasteiger partial charge in [-0.1, -0.05) is 18.2 Å². The maximum absolute atomic E-state index is 12.7. The minimum atomic E-state index is -0.118. The van der Waals surface area contributed by atoms with Gasteiger partial charge in [-0.05, 0) is 50.1 Å². The van der Waals surface area contributed by atoms with E-state index in [9.17, 15) is 9.59 Å². The summed E-state index contributed by atoms with van der Waals surface area (Å²) in [5.74, 6) is 1.31. The van der Waals surface area contributed by atoms with Crippen LogP contribution in [0.5, 0.6) is 0 Å². The molecule has 8 heteroatoms. The number of nitrogens with zero attached hydrogens (tertiary/aromatic N) is 3. The number of pyridine rings is 1. The molecular formula is C25H27ClN4O3. The number of hydrogen-bond acceptors (Lipinski definition) is 5. The number of fused-ring (bicyclic) bond motifs is 3. The summed E-state index contributed by atoms with van der Waals surface area (Å²) in [6, 6.07) is 9.81. The largest absolute Gasteiger partial charge is 0.459 e. The Morgan fingerprint density at radius 1 is 1.36 bits per heavy atom. The highest BCUT2D eigenvalue weighted by atomic mass is 35.5. The number of nitrogens with one attached hydrogen (secondary N) is 1. The molecule has 0 bridgehead atoms. The van der Waals surface area contributed by atoms with Crippen molar-refractivity contribution in [2.45, 2.75) is 38.9 Å². The van der Waals surface area contributed by atoms with E-state index in [-0.39, 0.29) is 30.3 Å². The Kier molecular flexibility index (Phi) is 6.54. The second-order valence-corrected chi connectivity index (χ2v) is 8.57. The normalized spacial score (nSPS) is 17.9. The Morgan fingerprint density at radius 2 is 2.18 bits per heavy atom. The fourth-order valence-corrected chi connectivity index (χ4v) is 4.55. The summed E-state index contributed by atoms with van der Waals surface area (Å²) in [5.41, 5.74) is 3.70. The van der Waals surface area contributed by atoms with Gasteiger partial charge in [-0.15, -0.1) is 12.4 Å². The van der Waals surface area contributed by atoms with Gasteiger partial charge in [0.15, 0.2) is 0 Å². The fourth-order valence-electron chi connectivity index (χ4n) is 4.55. The predicted molar refractivity (Wildman–Crippen MR) is 130 cm³/mol. The molecule has 4 heterocycles. The molecule has 33 heavy (non-hydrogen) atoms. The van der Waals surface area contributed by atoms with Crippen molar-refractivity contribution in [3.8, 4) is 0 Å². The van der Waals surface area contributed by atoms with Crippen molar-refractivity contribution in [3.05, 3.63) is 65.1 Å². The number of para-hydroxylation sites is 1. The molecule has 0 unspecified atom stereocenters. The topological polar surface area (TPSA) is 78.7 Å². The summed E-state index contributed by atoms with van der Waals surface area (Å²) in [5, 5.41) is 4.02. The van der Waals surface area contributed by atoms with Gasteiger partial charge in [0.1, 0.15) is 17.2 Å². The number of likely N-dealkylation sites (N-methyl/N-ethyl adjacent to an activating group) is 1. The molecule has 0 spiro atoms. The van der Waals surface area contributed by atoms with Crippen LogP contribution in [-0.4, -0.2) is 46.2 Å². The molecule has 0 saturated carbocycles. The summed E-state index contributed by atoms with van der Waals surface area (Å²) in [6.45, 7) is 4.02. The smallest absolute Gasteiger partial charge is 0.246 e. The van der Waals surface area contributed by atoms with Gasteiger partial charge in [-0.25, -0.2) is 4.98 Å². The van der Waals surface area contributed by atoms with E-state index in [0.29, 0.717) is 18.9 Å². The number of carbonyl (C=O) groups excluding carboxylic acids is 2. The third kappa shape index (κ3) is 4.51. The maximum atomic E-state index is 12.7. The lowest BCUT2D eigenvalue weighted by atomic mass is 10.1. The van der Waals surface area contributed by atoms with Crippen LogP contribution in [0.1, 0.15) is 35.3 Å². The number of furan rings is 1. The zero-order valence-electron chi connectivity index (χ0n) is 18.7. The van der Waals surface area contributed by atoms with E-state index in [2.05, 4.69) is 15.2 Å². The average Bonchev–Trinajstić information content (AvgIpc) is 3.35. The number of aromatic nitrogens is 1. The summed E-state index contributed by atoms with van der Waals surface area (Å²) >= 11 is 0. The minimum Gasteiger partial charge on any atom is -0.459 e. The van der Waals surface area contributed by atoms with Gasteiger partial charge >= 0.3 is 0 Å². The van der Waals surface area contributed by atoms with E-state index < -0.39 is 0 Å². The lowest BCUT2D eigenvalue weighted by molar-refractivity contribution is -0.125. The van der Waals surface area contributed by atoms with Gasteiger partial charge in [0.25, 0.3) is 0 Å². The van der Waals surface area contributed by atoms with Gasteiger partial charge in [0, 0.05) is 42.4 Å². The monoisotopic (exact) mass is 466 g/mol. The predicted octanol–water partition coefficient (Wildman–Crippen LogP) is 4.15. The van der Waals surface area contributed by atoms with Crippen molar-refractivity contribution in [1.29, 1.82) is 0 Å². The average molecular weight is 467 g/mol. The van der Waals surface area contributed by atoms with Crippen molar-refractivity contribution in [2.75, 3.05) is 18.9 Å². The lowest BCUT2D eigenvalue weighted by Gasteiger charge is -2.19. The molecule has 0 aliphatic carbocycles. The summed E-state index contributed by atoms with van der Waals surface area (Å²) in [7, 11) is 1.76. The van der Waals surface area contributed by atoms with Gasteiger partial charge in [-0.3, -0.25) is 14.5 Å². The second kappa shape index (κ2) is 9.37. The van der Waals surface area contributed by atoms with Gasteiger partial charge in [0.2, 0.25) is 11.8 Å². The highest BCUT2D eigenvalue weighted by Gasteiger charge is 2.34. The number of rotatable bonds is 4. The third-order valence-corrected chi connectivity index (χ3v) is 6.39. The fraction of sp³-hybridized carbons (Fsp3) is 0.320. The van der Waals surface area contributed by atoms with Crippen molar-refractivity contribution in [3.63, 3.8) is 0 Å². The van der Waals surface area contributed by atoms with Crippen molar-refractivity contribution in [1.82, 2.24) is 14.8 Å². The van der Waals surface area contributed by atoms with Crippen molar-refractivity contribution < 1.29 is 14.0 Å². The first-order valence-corrected chi connectivity index (χ1v) is 10.9. The van der Waals surface area contributed by atoms with Crippen LogP contribution >= 0.6 is 12.4 Å². The van der Waals surface area contributed by atoms with E-state index >= 15 is 0 Å². The quantitative estimate of drug-likeness (QED) is 0.584. The van der Waals surface area contributed by atoms with Crippen LogP contribution in [0, 0.1) is 6.92 Å². The standard InChI is InChI=1S/C25H26N4O3.ClH/c1-16-19-6-3-4-8-21(19)32-22(16)15-28(2)23(30)10-9-17-12-18-14-29-11-5-7-20(29)25(31)27-24(18)26-13-17;/h3-4,6,8-10,12-13,20H,5,7,11,14-15H2,1-2H3,(H,26,27,31);1H/b10-9+;/t20-;/m0./s1. The van der Waals surface area contributed by atoms with E-state index in [1.807, 2.05) is 37.3 Å². The molecule has 5 rings (SSSR count). The lowest BCUT2D eigenvalue weighted by Crippen LogP contribution is -2.36. The summed E-state index contributed by atoms with van der Waals surface area (Å²) in [4.78, 5) is 33.4. The molecular weight excluding hydrogens is 440 g/mol.